The van der Waals surface area contributed by atoms with Crippen LogP contribution in [0.2, 0.25) is 0 Å². The van der Waals surface area contributed by atoms with E-state index in [1.165, 1.54) is 18.4 Å². The molecule has 0 fully saturated rings. The van der Waals surface area contributed by atoms with E-state index in [1.54, 1.807) is 6.07 Å². The number of hydrogen-bond donors (Lipinski definition) is 2. The van der Waals surface area contributed by atoms with Crippen molar-refractivity contribution < 1.29 is 19.0 Å². The largest absolute Gasteiger partial charge is 0.504 e. The van der Waals surface area contributed by atoms with Gasteiger partial charge in [-0.3, -0.25) is 0 Å². The number of fused-ring (bicyclic) bond motifs is 3. The Balaban J connectivity index is 2.72. The molecule has 0 unspecified atom stereocenters. The van der Waals surface area contributed by atoms with Gasteiger partial charge < -0.3 is 19.0 Å². The first kappa shape index (κ1) is 8.84. The second kappa shape index (κ2) is 2.79. The zero-order valence-corrected chi connectivity index (χ0v) is 7.93. The minimum absolute atomic E-state index is 0.0966. The summed E-state index contributed by atoms with van der Waals surface area (Å²) >= 11 is 0. The molecular formula is C11H6O5. The lowest BCUT2D eigenvalue weighted by Gasteiger charge is -2.02. The molecule has 3 aromatic rings. The predicted molar refractivity (Wildman–Crippen MR) is 55.6 cm³/mol. The average molecular weight is 218 g/mol. The number of phenols is 2. The molecule has 0 radical (unpaired) electrons. The number of hydrogen-bond acceptors (Lipinski definition) is 5. The molecule has 0 aliphatic heterocycles. The van der Waals surface area contributed by atoms with Crippen LogP contribution in [-0.4, -0.2) is 10.2 Å². The highest BCUT2D eigenvalue weighted by Crippen LogP contribution is 2.41. The van der Waals surface area contributed by atoms with E-state index in [4.69, 9.17) is 8.83 Å². The van der Waals surface area contributed by atoms with Crippen LogP contribution in [0.15, 0.2) is 38.1 Å². The average Bonchev–Trinajstić information content (AvgIpc) is 2.75. The van der Waals surface area contributed by atoms with Crippen molar-refractivity contribution in [3.63, 3.8) is 0 Å². The van der Waals surface area contributed by atoms with Gasteiger partial charge in [0.15, 0.2) is 16.9 Å². The molecule has 16 heavy (non-hydrogen) atoms. The maximum absolute atomic E-state index is 11.1. The Morgan fingerprint density at radius 1 is 0.938 bits per heavy atom. The molecule has 0 spiro atoms. The first-order valence-corrected chi connectivity index (χ1v) is 4.53. The molecule has 1 aromatic carbocycles. The Kier molecular flexibility index (Phi) is 1.54. The van der Waals surface area contributed by atoms with E-state index < -0.39 is 5.63 Å². The molecule has 2 aromatic heterocycles. The summed E-state index contributed by atoms with van der Waals surface area (Å²) in [5.74, 6) is -0.720. The van der Waals surface area contributed by atoms with Crippen molar-refractivity contribution in [3.8, 4) is 11.5 Å². The smallest absolute Gasteiger partial charge is 0.336 e. The highest BCUT2D eigenvalue weighted by atomic mass is 16.4. The van der Waals surface area contributed by atoms with Crippen LogP contribution in [0.4, 0.5) is 0 Å². The van der Waals surface area contributed by atoms with Gasteiger partial charge in [0.1, 0.15) is 0 Å². The fraction of sp³-hybridized carbons (Fsp3) is 0. The molecule has 2 heterocycles. The molecule has 80 valence electrons. The van der Waals surface area contributed by atoms with Crippen LogP contribution in [0.5, 0.6) is 11.5 Å². The SMILES string of the molecule is O=c1ccc2c(O)c(O)c3occc3c2o1. The lowest BCUT2D eigenvalue weighted by atomic mass is 10.1. The lowest BCUT2D eigenvalue weighted by Crippen LogP contribution is -1.94. The first-order chi connectivity index (χ1) is 7.68. The summed E-state index contributed by atoms with van der Waals surface area (Å²) in [7, 11) is 0. The quantitative estimate of drug-likeness (QED) is 0.445. The van der Waals surface area contributed by atoms with Gasteiger partial charge in [0.05, 0.1) is 17.0 Å². The standard InChI is InChI=1S/C11H6O5/c12-7-2-1-5-8(13)9(14)11-6(3-4-15-11)10(5)16-7/h1-4,13-14H. The topological polar surface area (TPSA) is 83.8 Å². The summed E-state index contributed by atoms with van der Waals surface area (Å²) in [5, 5.41) is 20.1. The molecule has 0 saturated carbocycles. The molecule has 0 aliphatic carbocycles. The van der Waals surface area contributed by atoms with Crippen LogP contribution in [-0.2, 0) is 0 Å². The minimum Gasteiger partial charge on any atom is -0.504 e. The number of furan rings is 1. The summed E-state index contributed by atoms with van der Waals surface area (Å²) in [4.78, 5) is 11.1. The first-order valence-electron chi connectivity index (χ1n) is 4.53. The van der Waals surface area contributed by atoms with Crippen molar-refractivity contribution in [2.24, 2.45) is 0 Å². The van der Waals surface area contributed by atoms with Crippen molar-refractivity contribution in [3.05, 3.63) is 34.9 Å². The molecule has 5 heteroatoms. The monoisotopic (exact) mass is 218 g/mol. The van der Waals surface area contributed by atoms with E-state index in [-0.39, 0.29) is 28.1 Å². The van der Waals surface area contributed by atoms with E-state index in [0.29, 0.717) is 5.39 Å². The Bertz CT molecular complexity index is 750. The zero-order chi connectivity index (χ0) is 11.3. The van der Waals surface area contributed by atoms with E-state index in [1.807, 2.05) is 0 Å². The molecule has 0 bridgehead atoms. The van der Waals surface area contributed by atoms with Gasteiger partial charge in [-0.15, -0.1) is 0 Å². The van der Waals surface area contributed by atoms with Crippen molar-refractivity contribution >= 4 is 21.9 Å². The van der Waals surface area contributed by atoms with Gasteiger partial charge in [0, 0.05) is 6.07 Å². The summed E-state index contributed by atoms with van der Waals surface area (Å²) in [6, 6.07) is 4.12. The summed E-state index contributed by atoms with van der Waals surface area (Å²) in [6.45, 7) is 0. The third-order valence-corrected chi connectivity index (χ3v) is 2.44. The third kappa shape index (κ3) is 0.967. The number of aromatic hydroxyl groups is 2. The number of rotatable bonds is 0. The fourth-order valence-corrected chi connectivity index (χ4v) is 1.71. The maximum atomic E-state index is 11.1. The molecule has 0 amide bonds. The van der Waals surface area contributed by atoms with Crippen LogP contribution in [0.3, 0.4) is 0 Å². The Labute approximate surface area is 88.1 Å². The van der Waals surface area contributed by atoms with Gasteiger partial charge in [0.2, 0.25) is 5.75 Å². The summed E-state index contributed by atoms with van der Waals surface area (Å²) in [5.41, 5.74) is -0.231. The van der Waals surface area contributed by atoms with E-state index >= 15 is 0 Å². The molecule has 0 atom stereocenters. The Morgan fingerprint density at radius 2 is 1.75 bits per heavy atom. The predicted octanol–water partition coefficient (Wildman–Crippen LogP) is 1.95. The summed E-state index contributed by atoms with van der Waals surface area (Å²) in [6.07, 6.45) is 1.34. The van der Waals surface area contributed by atoms with Crippen LogP contribution >= 0.6 is 0 Å². The van der Waals surface area contributed by atoms with Crippen LogP contribution in [0.1, 0.15) is 0 Å². The van der Waals surface area contributed by atoms with Crippen LogP contribution < -0.4 is 5.63 Å². The van der Waals surface area contributed by atoms with Crippen LogP contribution in [0, 0.1) is 0 Å². The van der Waals surface area contributed by atoms with Crippen molar-refractivity contribution in [2.75, 3.05) is 0 Å². The Hall–Kier alpha value is -2.43. The van der Waals surface area contributed by atoms with Gasteiger partial charge in [-0.05, 0) is 12.1 Å². The molecule has 3 rings (SSSR count). The normalized spacial score (nSPS) is 11.2. The molecule has 5 nitrogen and oxygen atoms in total. The molecule has 2 N–H and O–H groups in total. The molecule has 0 saturated heterocycles. The molecule has 0 aliphatic rings. The highest BCUT2D eigenvalue weighted by Gasteiger charge is 2.17. The van der Waals surface area contributed by atoms with Gasteiger partial charge in [0.25, 0.3) is 0 Å². The fourth-order valence-electron chi connectivity index (χ4n) is 1.71. The van der Waals surface area contributed by atoms with E-state index in [2.05, 4.69) is 0 Å². The van der Waals surface area contributed by atoms with Crippen molar-refractivity contribution in [1.82, 2.24) is 0 Å². The number of phenolic OH excluding ortho intramolecular Hbond substituents is 2. The van der Waals surface area contributed by atoms with Gasteiger partial charge >= 0.3 is 5.63 Å². The van der Waals surface area contributed by atoms with Crippen molar-refractivity contribution in [2.45, 2.75) is 0 Å². The number of benzene rings is 1. The van der Waals surface area contributed by atoms with Gasteiger partial charge in [-0.1, -0.05) is 0 Å². The van der Waals surface area contributed by atoms with Crippen LogP contribution in [0.25, 0.3) is 21.9 Å². The molecular weight excluding hydrogens is 212 g/mol. The minimum atomic E-state index is -0.528. The Morgan fingerprint density at radius 3 is 2.56 bits per heavy atom. The second-order valence-corrected chi connectivity index (χ2v) is 3.36. The lowest BCUT2D eigenvalue weighted by molar-refractivity contribution is 0.403. The second-order valence-electron chi connectivity index (χ2n) is 3.36. The van der Waals surface area contributed by atoms with Gasteiger partial charge in [-0.25, -0.2) is 4.79 Å². The zero-order valence-electron chi connectivity index (χ0n) is 7.93. The summed E-state index contributed by atoms with van der Waals surface area (Å²) < 4.78 is 9.99. The highest BCUT2D eigenvalue weighted by molar-refractivity contribution is 6.08. The van der Waals surface area contributed by atoms with E-state index in [0.717, 1.165) is 0 Å². The van der Waals surface area contributed by atoms with Gasteiger partial charge in [-0.2, -0.15) is 0 Å². The van der Waals surface area contributed by atoms with Crippen molar-refractivity contribution in [1.29, 1.82) is 0 Å². The maximum Gasteiger partial charge on any atom is 0.336 e. The third-order valence-electron chi connectivity index (χ3n) is 2.44. The van der Waals surface area contributed by atoms with E-state index in [9.17, 15) is 15.0 Å².